The van der Waals surface area contributed by atoms with Crippen LogP contribution in [0, 0.1) is 27.7 Å². The summed E-state index contributed by atoms with van der Waals surface area (Å²) in [6, 6.07) is 1.27. The normalized spacial score (nSPS) is 11.8. The van der Waals surface area contributed by atoms with E-state index in [0.29, 0.717) is 12.1 Å². The molecular weight excluding hydrogens is 274 g/mol. The van der Waals surface area contributed by atoms with Crippen molar-refractivity contribution in [2.75, 3.05) is 25.6 Å². The first kappa shape index (κ1) is 15.8. The molecular formula is C12H14F2N2O4. The lowest BCUT2D eigenvalue weighted by Gasteiger charge is -2.23. The van der Waals surface area contributed by atoms with Gasteiger partial charge >= 0.3 is 5.97 Å². The highest BCUT2D eigenvalue weighted by molar-refractivity contribution is 5.72. The molecule has 1 atom stereocenters. The number of methoxy groups -OCH3 is 1. The van der Waals surface area contributed by atoms with Gasteiger partial charge < -0.3 is 9.64 Å². The predicted octanol–water partition coefficient (Wildman–Crippen LogP) is 2.12. The second-order valence-electron chi connectivity index (χ2n) is 4.32. The third-order valence-electron chi connectivity index (χ3n) is 2.75. The molecule has 0 fully saturated rings. The lowest BCUT2D eigenvalue weighted by Crippen LogP contribution is -2.30. The van der Waals surface area contributed by atoms with E-state index in [9.17, 15) is 23.7 Å². The van der Waals surface area contributed by atoms with Crippen molar-refractivity contribution in [2.24, 2.45) is 5.92 Å². The molecule has 6 nitrogen and oxygen atoms in total. The highest BCUT2D eigenvalue weighted by atomic mass is 19.1. The summed E-state index contributed by atoms with van der Waals surface area (Å²) in [6.45, 7) is 1.56. The molecule has 1 aromatic rings. The average Bonchev–Trinajstić information content (AvgIpc) is 2.36. The number of anilines is 1. The Morgan fingerprint density at radius 2 is 1.95 bits per heavy atom. The maximum Gasteiger partial charge on any atom is 0.310 e. The molecule has 0 N–H and O–H groups in total. The van der Waals surface area contributed by atoms with Crippen LogP contribution in [0.2, 0.25) is 0 Å². The minimum atomic E-state index is -1.06. The van der Waals surface area contributed by atoms with Crippen molar-refractivity contribution < 1.29 is 23.2 Å². The minimum Gasteiger partial charge on any atom is -0.469 e. The number of hydrogen-bond acceptors (Lipinski definition) is 5. The number of benzene rings is 1. The van der Waals surface area contributed by atoms with Crippen LogP contribution in [-0.2, 0) is 9.53 Å². The van der Waals surface area contributed by atoms with Crippen molar-refractivity contribution in [3.63, 3.8) is 0 Å². The van der Waals surface area contributed by atoms with Gasteiger partial charge in [-0.15, -0.1) is 0 Å². The van der Waals surface area contributed by atoms with Crippen LogP contribution < -0.4 is 4.90 Å². The summed E-state index contributed by atoms with van der Waals surface area (Å²) in [5.74, 6) is -3.23. The fourth-order valence-corrected chi connectivity index (χ4v) is 1.80. The molecule has 0 aliphatic rings. The van der Waals surface area contributed by atoms with Crippen LogP contribution in [0.15, 0.2) is 12.1 Å². The number of carbonyl (C=O) groups excluding carboxylic acids is 1. The standard InChI is InChI=1S/C12H14F2N2O4/c1-7(12(17)20-3)6-15(2)11-9(13)4-8(16(18)19)5-10(11)14/h4-5,7H,6H2,1-3H3. The number of rotatable bonds is 5. The molecule has 110 valence electrons. The molecule has 0 bridgehead atoms. The number of ether oxygens (including phenoxy) is 1. The molecule has 0 radical (unpaired) electrons. The fraction of sp³-hybridized carbons (Fsp3) is 0.417. The number of nitro groups is 1. The van der Waals surface area contributed by atoms with E-state index in [0.717, 1.165) is 0 Å². The second-order valence-corrected chi connectivity index (χ2v) is 4.32. The predicted molar refractivity (Wildman–Crippen MR) is 67.5 cm³/mol. The summed E-state index contributed by atoms with van der Waals surface area (Å²) in [5.41, 5.74) is -1.09. The van der Waals surface area contributed by atoms with E-state index >= 15 is 0 Å². The van der Waals surface area contributed by atoms with Gasteiger partial charge in [-0.25, -0.2) is 8.78 Å². The molecule has 0 heterocycles. The first-order valence-electron chi connectivity index (χ1n) is 5.70. The smallest absolute Gasteiger partial charge is 0.310 e. The number of nitro benzene ring substituents is 1. The van der Waals surface area contributed by atoms with E-state index in [4.69, 9.17) is 0 Å². The highest BCUT2D eigenvalue weighted by Crippen LogP contribution is 2.27. The lowest BCUT2D eigenvalue weighted by molar-refractivity contribution is -0.385. The molecule has 0 aromatic heterocycles. The number of hydrogen-bond donors (Lipinski definition) is 0. The Morgan fingerprint density at radius 3 is 2.35 bits per heavy atom. The maximum absolute atomic E-state index is 13.8. The second kappa shape index (κ2) is 6.27. The number of esters is 1. The monoisotopic (exact) mass is 288 g/mol. The van der Waals surface area contributed by atoms with Crippen LogP contribution in [0.1, 0.15) is 6.92 Å². The van der Waals surface area contributed by atoms with Gasteiger partial charge in [-0.1, -0.05) is 6.92 Å². The van der Waals surface area contributed by atoms with Gasteiger partial charge in [-0.2, -0.15) is 0 Å². The molecule has 0 aliphatic carbocycles. The maximum atomic E-state index is 13.8. The van der Waals surface area contributed by atoms with Gasteiger partial charge in [-0.3, -0.25) is 14.9 Å². The summed E-state index contributed by atoms with van der Waals surface area (Å²) >= 11 is 0. The zero-order valence-electron chi connectivity index (χ0n) is 11.2. The molecule has 0 saturated carbocycles. The van der Waals surface area contributed by atoms with E-state index in [1.807, 2.05) is 0 Å². The van der Waals surface area contributed by atoms with E-state index in [2.05, 4.69) is 4.74 Å². The fourth-order valence-electron chi connectivity index (χ4n) is 1.80. The van der Waals surface area contributed by atoms with Crippen molar-refractivity contribution in [3.05, 3.63) is 33.9 Å². The van der Waals surface area contributed by atoms with Gasteiger partial charge in [0.15, 0.2) is 11.6 Å². The molecule has 0 aliphatic heterocycles. The van der Waals surface area contributed by atoms with Crippen molar-refractivity contribution in [1.29, 1.82) is 0 Å². The molecule has 0 saturated heterocycles. The minimum absolute atomic E-state index is 0.0122. The van der Waals surface area contributed by atoms with Gasteiger partial charge in [0.2, 0.25) is 0 Å². The highest BCUT2D eigenvalue weighted by Gasteiger charge is 2.23. The number of carbonyl (C=O) groups is 1. The first-order chi connectivity index (χ1) is 9.27. The summed E-state index contributed by atoms with van der Waals surface area (Å²) in [4.78, 5) is 22.1. The summed E-state index contributed by atoms with van der Waals surface area (Å²) in [7, 11) is 2.60. The molecule has 1 aromatic carbocycles. The van der Waals surface area contributed by atoms with Crippen molar-refractivity contribution in [3.8, 4) is 0 Å². The largest absolute Gasteiger partial charge is 0.469 e. The Kier molecular flexibility index (Phi) is 4.95. The summed E-state index contributed by atoms with van der Waals surface area (Å²) in [5, 5.41) is 10.5. The summed E-state index contributed by atoms with van der Waals surface area (Å²) in [6.07, 6.45) is 0. The Balaban J connectivity index is 3.02. The average molecular weight is 288 g/mol. The van der Waals surface area contributed by atoms with Crippen LogP contribution in [0.25, 0.3) is 0 Å². The Bertz CT molecular complexity index is 513. The third kappa shape index (κ3) is 3.40. The van der Waals surface area contributed by atoms with Crippen LogP contribution in [0.3, 0.4) is 0 Å². The number of halogens is 2. The Hall–Kier alpha value is -2.25. The van der Waals surface area contributed by atoms with Gasteiger partial charge in [0.25, 0.3) is 5.69 Å². The molecule has 8 heteroatoms. The SMILES string of the molecule is COC(=O)C(C)CN(C)c1c(F)cc([N+](=O)[O-])cc1F. The van der Waals surface area contributed by atoms with Crippen molar-refractivity contribution >= 4 is 17.3 Å². The van der Waals surface area contributed by atoms with Crippen molar-refractivity contribution in [1.82, 2.24) is 0 Å². The van der Waals surface area contributed by atoms with Crippen LogP contribution in [0.5, 0.6) is 0 Å². The molecule has 0 spiro atoms. The van der Waals surface area contributed by atoms with E-state index < -0.39 is 39.8 Å². The van der Waals surface area contributed by atoms with Gasteiger partial charge in [0, 0.05) is 13.6 Å². The Morgan fingerprint density at radius 1 is 1.45 bits per heavy atom. The van der Waals surface area contributed by atoms with Crippen LogP contribution >= 0.6 is 0 Å². The lowest BCUT2D eigenvalue weighted by atomic mass is 10.1. The van der Waals surface area contributed by atoms with Gasteiger partial charge in [0.05, 0.1) is 30.1 Å². The molecule has 20 heavy (non-hydrogen) atoms. The molecule has 1 unspecified atom stereocenters. The van der Waals surface area contributed by atoms with E-state index in [1.165, 1.54) is 19.1 Å². The zero-order valence-corrected chi connectivity index (χ0v) is 11.2. The van der Waals surface area contributed by atoms with E-state index in [1.54, 1.807) is 6.92 Å². The molecule has 1 rings (SSSR count). The molecule has 0 amide bonds. The zero-order chi connectivity index (χ0) is 15.4. The van der Waals surface area contributed by atoms with Crippen molar-refractivity contribution in [2.45, 2.75) is 6.92 Å². The van der Waals surface area contributed by atoms with E-state index in [-0.39, 0.29) is 6.54 Å². The number of nitrogens with zero attached hydrogens (tertiary/aromatic N) is 2. The Labute approximate surface area is 114 Å². The van der Waals surface area contributed by atoms with Gasteiger partial charge in [-0.05, 0) is 0 Å². The van der Waals surface area contributed by atoms with Crippen LogP contribution in [0.4, 0.5) is 20.2 Å². The van der Waals surface area contributed by atoms with Gasteiger partial charge in [0.1, 0.15) is 5.69 Å². The van der Waals surface area contributed by atoms with Crippen LogP contribution in [-0.4, -0.2) is 31.6 Å². The number of non-ortho nitro benzene ring substituents is 1. The summed E-state index contributed by atoms with van der Waals surface area (Å²) < 4.78 is 32.0. The first-order valence-corrected chi connectivity index (χ1v) is 5.70. The topological polar surface area (TPSA) is 72.7 Å². The third-order valence-corrected chi connectivity index (χ3v) is 2.75. The quantitative estimate of drug-likeness (QED) is 0.471.